The number of piperazine rings is 1. The summed E-state index contributed by atoms with van der Waals surface area (Å²) in [5, 5.41) is 2.99. The van der Waals surface area contributed by atoms with E-state index in [9.17, 15) is 9.59 Å². The molecular formula is C37H49N5O3. The van der Waals surface area contributed by atoms with E-state index in [4.69, 9.17) is 4.74 Å². The van der Waals surface area contributed by atoms with Gasteiger partial charge in [0.05, 0.1) is 6.61 Å². The van der Waals surface area contributed by atoms with Crippen LogP contribution in [0.3, 0.4) is 0 Å². The fourth-order valence-corrected chi connectivity index (χ4v) is 6.14. The lowest BCUT2D eigenvalue weighted by Crippen LogP contribution is -2.51. The van der Waals surface area contributed by atoms with Crippen LogP contribution in [-0.2, 0) is 24.4 Å². The monoisotopic (exact) mass is 611 g/mol. The number of nitrogens with one attached hydrogen (secondary N) is 1. The van der Waals surface area contributed by atoms with Gasteiger partial charge in [-0.15, -0.1) is 0 Å². The Morgan fingerprint density at radius 2 is 1.36 bits per heavy atom. The second-order valence-electron chi connectivity index (χ2n) is 12.7. The zero-order valence-corrected chi connectivity index (χ0v) is 27.0. The standard InChI is InChI=1S/C37H49N5O3/c1-39(2)19-6-26-45-35-15-11-32(12-16-35)28-40-20-17-34(18-21-40)37(44)42-24-22-41(23-25-42)29-31-9-13-33(14-10-31)36(43)38-27-30-7-4-3-5-8-30/h3-5,7-16,34H,6,17-29H2,1-2H3,(H,38,43). The molecule has 0 aromatic heterocycles. The average molecular weight is 612 g/mol. The van der Waals surface area contributed by atoms with Gasteiger partial charge in [-0.25, -0.2) is 0 Å². The fraction of sp³-hybridized carbons (Fsp3) is 0.459. The van der Waals surface area contributed by atoms with Crippen LogP contribution in [0, 0.1) is 5.92 Å². The van der Waals surface area contributed by atoms with Crippen LogP contribution in [-0.4, -0.2) is 97.9 Å². The third kappa shape index (κ3) is 10.1. The Bertz CT molecular complexity index is 1330. The van der Waals surface area contributed by atoms with Gasteiger partial charge in [-0.3, -0.25) is 19.4 Å². The summed E-state index contributed by atoms with van der Waals surface area (Å²) in [6, 6.07) is 26.3. The summed E-state index contributed by atoms with van der Waals surface area (Å²) >= 11 is 0. The largest absolute Gasteiger partial charge is 0.494 e. The Balaban J connectivity index is 0.979. The van der Waals surface area contributed by atoms with E-state index in [-0.39, 0.29) is 11.8 Å². The maximum Gasteiger partial charge on any atom is 0.251 e. The predicted octanol–water partition coefficient (Wildman–Crippen LogP) is 4.50. The van der Waals surface area contributed by atoms with Gasteiger partial charge in [-0.2, -0.15) is 0 Å². The normalized spacial score (nSPS) is 16.6. The molecule has 5 rings (SSSR count). The third-order valence-electron chi connectivity index (χ3n) is 8.89. The van der Waals surface area contributed by atoms with E-state index >= 15 is 0 Å². The molecule has 2 saturated heterocycles. The van der Waals surface area contributed by atoms with Crippen molar-refractivity contribution in [2.24, 2.45) is 5.92 Å². The van der Waals surface area contributed by atoms with Crippen molar-refractivity contribution in [2.75, 3.05) is 66.5 Å². The molecule has 3 aromatic carbocycles. The van der Waals surface area contributed by atoms with Gasteiger partial charge in [-0.05, 0) is 87.4 Å². The van der Waals surface area contributed by atoms with Crippen molar-refractivity contribution < 1.29 is 14.3 Å². The quantitative estimate of drug-likeness (QED) is 0.287. The number of benzene rings is 3. The minimum absolute atomic E-state index is 0.0609. The number of nitrogens with zero attached hydrogens (tertiary/aromatic N) is 4. The van der Waals surface area contributed by atoms with Crippen molar-refractivity contribution >= 4 is 11.8 Å². The highest BCUT2D eigenvalue weighted by molar-refractivity contribution is 5.94. The number of carbonyl (C=O) groups excluding carboxylic acids is 2. The number of ether oxygens (including phenoxy) is 1. The van der Waals surface area contributed by atoms with Crippen LogP contribution >= 0.6 is 0 Å². The zero-order chi connectivity index (χ0) is 31.4. The summed E-state index contributed by atoms with van der Waals surface area (Å²) in [6.45, 7) is 9.26. The first kappa shape index (κ1) is 32.7. The summed E-state index contributed by atoms with van der Waals surface area (Å²) in [4.78, 5) is 35.0. The molecule has 0 bridgehead atoms. The molecule has 2 aliphatic rings. The Morgan fingerprint density at radius 1 is 0.756 bits per heavy atom. The SMILES string of the molecule is CN(C)CCCOc1ccc(CN2CCC(C(=O)N3CCN(Cc4ccc(C(=O)NCc5ccccc5)cc4)CC3)CC2)cc1. The molecule has 0 radical (unpaired) electrons. The van der Waals surface area contributed by atoms with Gasteiger partial charge < -0.3 is 19.9 Å². The second kappa shape index (κ2) is 16.5. The Hall–Kier alpha value is -3.72. The second-order valence-corrected chi connectivity index (χ2v) is 12.7. The molecule has 2 amide bonds. The Labute approximate surface area is 268 Å². The van der Waals surface area contributed by atoms with E-state index in [1.165, 1.54) is 11.1 Å². The topological polar surface area (TPSA) is 68.4 Å². The molecule has 0 spiro atoms. The Kier molecular flexibility index (Phi) is 12.0. The predicted molar refractivity (Wildman–Crippen MR) is 179 cm³/mol. The van der Waals surface area contributed by atoms with Gasteiger partial charge in [0.2, 0.25) is 5.91 Å². The number of hydrogen-bond acceptors (Lipinski definition) is 6. The number of piperidine rings is 1. The van der Waals surface area contributed by atoms with E-state index in [1.807, 2.05) is 54.6 Å². The molecule has 0 unspecified atom stereocenters. The fourth-order valence-electron chi connectivity index (χ4n) is 6.14. The van der Waals surface area contributed by atoms with E-state index in [2.05, 4.69) is 63.3 Å². The van der Waals surface area contributed by atoms with Crippen molar-refractivity contribution in [3.05, 3.63) is 101 Å². The highest BCUT2D eigenvalue weighted by atomic mass is 16.5. The van der Waals surface area contributed by atoms with Crippen LogP contribution in [0.5, 0.6) is 5.75 Å². The molecule has 8 heteroatoms. The van der Waals surface area contributed by atoms with E-state index in [0.29, 0.717) is 18.0 Å². The molecule has 240 valence electrons. The first-order chi connectivity index (χ1) is 21.9. The molecule has 45 heavy (non-hydrogen) atoms. The number of amides is 2. The van der Waals surface area contributed by atoms with Crippen LogP contribution in [0.1, 0.15) is 46.3 Å². The van der Waals surface area contributed by atoms with Gasteiger partial charge in [-0.1, -0.05) is 54.6 Å². The maximum absolute atomic E-state index is 13.3. The summed E-state index contributed by atoms with van der Waals surface area (Å²) in [6.07, 6.45) is 2.88. The zero-order valence-electron chi connectivity index (χ0n) is 27.0. The molecule has 2 heterocycles. The van der Waals surface area contributed by atoms with E-state index < -0.39 is 0 Å². The third-order valence-corrected chi connectivity index (χ3v) is 8.89. The lowest BCUT2D eigenvalue weighted by Gasteiger charge is -2.38. The molecule has 3 aromatic rings. The van der Waals surface area contributed by atoms with Crippen molar-refractivity contribution in [1.29, 1.82) is 0 Å². The van der Waals surface area contributed by atoms with Gasteiger partial charge in [0.25, 0.3) is 5.91 Å². The first-order valence-electron chi connectivity index (χ1n) is 16.4. The lowest BCUT2D eigenvalue weighted by atomic mass is 9.94. The Morgan fingerprint density at radius 3 is 1.98 bits per heavy atom. The van der Waals surface area contributed by atoms with Crippen LogP contribution in [0.4, 0.5) is 0 Å². The van der Waals surface area contributed by atoms with Crippen LogP contribution in [0.25, 0.3) is 0 Å². The van der Waals surface area contributed by atoms with Gasteiger partial charge in [0.15, 0.2) is 0 Å². The minimum atomic E-state index is -0.0609. The molecule has 1 N–H and O–H groups in total. The van der Waals surface area contributed by atoms with Gasteiger partial charge in [0, 0.05) is 63.8 Å². The molecule has 0 aliphatic carbocycles. The average Bonchev–Trinajstić information content (AvgIpc) is 3.07. The first-order valence-corrected chi connectivity index (χ1v) is 16.4. The number of hydrogen-bond donors (Lipinski definition) is 1. The van der Waals surface area contributed by atoms with E-state index in [0.717, 1.165) is 96.1 Å². The van der Waals surface area contributed by atoms with Crippen molar-refractivity contribution in [1.82, 2.24) is 24.9 Å². The van der Waals surface area contributed by atoms with Crippen molar-refractivity contribution in [3.63, 3.8) is 0 Å². The molecule has 8 nitrogen and oxygen atoms in total. The molecule has 0 saturated carbocycles. The number of likely N-dealkylation sites (tertiary alicyclic amines) is 1. The molecule has 2 aliphatic heterocycles. The van der Waals surface area contributed by atoms with Crippen molar-refractivity contribution in [3.8, 4) is 5.75 Å². The van der Waals surface area contributed by atoms with Crippen LogP contribution < -0.4 is 10.1 Å². The van der Waals surface area contributed by atoms with Crippen LogP contribution in [0.15, 0.2) is 78.9 Å². The summed E-state index contributed by atoms with van der Waals surface area (Å²) in [5.74, 6) is 1.33. The van der Waals surface area contributed by atoms with Gasteiger partial charge in [0.1, 0.15) is 5.75 Å². The number of rotatable bonds is 13. The van der Waals surface area contributed by atoms with Crippen molar-refractivity contribution in [2.45, 2.75) is 38.9 Å². The molecular weight excluding hydrogens is 562 g/mol. The lowest BCUT2D eigenvalue weighted by molar-refractivity contribution is -0.139. The molecule has 0 atom stereocenters. The minimum Gasteiger partial charge on any atom is -0.494 e. The summed E-state index contributed by atoms with van der Waals surface area (Å²) in [5.41, 5.74) is 4.23. The highest BCUT2D eigenvalue weighted by Gasteiger charge is 2.30. The van der Waals surface area contributed by atoms with Crippen LogP contribution in [0.2, 0.25) is 0 Å². The van der Waals surface area contributed by atoms with E-state index in [1.54, 1.807) is 0 Å². The summed E-state index contributed by atoms with van der Waals surface area (Å²) < 4.78 is 5.87. The van der Waals surface area contributed by atoms with Gasteiger partial charge >= 0.3 is 0 Å². The maximum atomic E-state index is 13.3. The number of carbonyl (C=O) groups is 2. The molecule has 2 fully saturated rings. The highest BCUT2D eigenvalue weighted by Crippen LogP contribution is 2.23. The smallest absolute Gasteiger partial charge is 0.251 e. The summed E-state index contributed by atoms with van der Waals surface area (Å²) in [7, 11) is 4.16.